The quantitative estimate of drug-likeness (QED) is 0.828. The number of aromatic nitrogens is 2. The maximum Gasteiger partial charge on any atom is 0.159 e. The molecule has 0 saturated heterocycles. The molecule has 1 N–H and O–H groups in total. The fraction of sp³-hybridized carbons (Fsp3) is 0.286. The third-order valence-electron chi connectivity index (χ3n) is 2.63. The Morgan fingerprint density at radius 1 is 1.19 bits per heavy atom. The topological polar surface area (TPSA) is 47.0 Å². The zero-order valence-electron chi connectivity index (χ0n) is 11.4. The lowest BCUT2D eigenvalue weighted by atomic mass is 10.2. The average molecular weight is 314 g/mol. The molecule has 0 bridgehead atoms. The van der Waals surface area contributed by atoms with Crippen LogP contribution in [0.1, 0.15) is 18.3 Å². The van der Waals surface area contributed by atoms with E-state index in [1.165, 1.54) is 6.07 Å². The Morgan fingerprint density at radius 2 is 2.00 bits per heavy atom. The van der Waals surface area contributed by atoms with Crippen LogP contribution in [0, 0.1) is 11.6 Å². The first-order valence-corrected chi connectivity index (χ1v) is 6.75. The number of hydrogen-bond donors (Lipinski definition) is 1. The van der Waals surface area contributed by atoms with E-state index in [1.807, 2.05) is 6.92 Å². The first-order valence-electron chi connectivity index (χ1n) is 6.37. The molecule has 112 valence electrons. The van der Waals surface area contributed by atoms with Gasteiger partial charge in [-0.1, -0.05) is 17.7 Å². The van der Waals surface area contributed by atoms with Crippen molar-refractivity contribution < 1.29 is 13.5 Å². The van der Waals surface area contributed by atoms with Crippen LogP contribution in [0.3, 0.4) is 0 Å². The highest BCUT2D eigenvalue weighted by molar-refractivity contribution is 6.29. The number of anilines is 1. The van der Waals surface area contributed by atoms with Gasteiger partial charge in [-0.25, -0.2) is 18.7 Å². The number of hydrogen-bond acceptors (Lipinski definition) is 4. The van der Waals surface area contributed by atoms with Crippen LogP contribution in [0.4, 0.5) is 14.6 Å². The van der Waals surface area contributed by atoms with Crippen molar-refractivity contribution in [2.45, 2.75) is 20.1 Å². The molecule has 2 aromatic rings. The summed E-state index contributed by atoms with van der Waals surface area (Å²) in [6.45, 7) is 2.97. The predicted molar refractivity (Wildman–Crippen MR) is 76.1 cm³/mol. The van der Waals surface area contributed by atoms with Gasteiger partial charge < -0.3 is 10.1 Å². The highest BCUT2D eigenvalue weighted by Crippen LogP contribution is 2.14. The van der Waals surface area contributed by atoms with Crippen molar-refractivity contribution in [3.63, 3.8) is 0 Å². The summed E-state index contributed by atoms with van der Waals surface area (Å²) in [7, 11) is 0. The first-order chi connectivity index (χ1) is 10.1. The maximum absolute atomic E-state index is 13.1. The highest BCUT2D eigenvalue weighted by atomic mass is 35.5. The van der Waals surface area contributed by atoms with E-state index in [4.69, 9.17) is 16.3 Å². The molecule has 0 fully saturated rings. The molecule has 1 aromatic heterocycles. The molecular weight excluding hydrogens is 300 g/mol. The van der Waals surface area contributed by atoms with Gasteiger partial charge in [0, 0.05) is 19.2 Å². The first kappa shape index (κ1) is 15.6. The molecule has 0 aliphatic carbocycles. The van der Waals surface area contributed by atoms with Crippen LogP contribution >= 0.6 is 11.6 Å². The smallest absolute Gasteiger partial charge is 0.159 e. The van der Waals surface area contributed by atoms with Gasteiger partial charge >= 0.3 is 0 Å². The molecule has 0 atom stereocenters. The lowest BCUT2D eigenvalue weighted by Gasteiger charge is -2.08. The van der Waals surface area contributed by atoms with Crippen LogP contribution < -0.4 is 5.32 Å². The van der Waals surface area contributed by atoms with E-state index < -0.39 is 11.6 Å². The fourth-order valence-electron chi connectivity index (χ4n) is 1.66. The second kappa shape index (κ2) is 7.28. The van der Waals surface area contributed by atoms with Crippen molar-refractivity contribution in [3.05, 3.63) is 52.4 Å². The molecule has 1 aromatic carbocycles. The van der Waals surface area contributed by atoms with Crippen LogP contribution in [0.25, 0.3) is 0 Å². The van der Waals surface area contributed by atoms with Crippen molar-refractivity contribution in [1.29, 1.82) is 0 Å². The molecule has 0 aliphatic rings. The van der Waals surface area contributed by atoms with Crippen molar-refractivity contribution in [1.82, 2.24) is 9.97 Å². The van der Waals surface area contributed by atoms with Crippen LogP contribution in [0.5, 0.6) is 0 Å². The molecule has 7 heteroatoms. The molecule has 0 spiro atoms. The third kappa shape index (κ3) is 4.61. The zero-order chi connectivity index (χ0) is 15.2. The second-order valence-corrected chi connectivity index (χ2v) is 4.62. The minimum Gasteiger partial charge on any atom is -0.374 e. The van der Waals surface area contributed by atoms with E-state index in [1.54, 1.807) is 6.07 Å². The van der Waals surface area contributed by atoms with E-state index in [0.29, 0.717) is 30.4 Å². The SMILES string of the molecule is CCOCc1nc(Cl)cc(NCc2ccc(F)c(F)c2)n1. The summed E-state index contributed by atoms with van der Waals surface area (Å²) >= 11 is 5.90. The molecule has 0 amide bonds. The summed E-state index contributed by atoms with van der Waals surface area (Å²) in [5.41, 5.74) is 0.593. The standard InChI is InChI=1S/C14H14ClF2N3O/c1-2-21-8-14-19-12(15)6-13(20-14)18-7-9-3-4-10(16)11(17)5-9/h3-6H,2,7-8H2,1H3,(H,18,19,20). The number of ether oxygens (including phenoxy) is 1. The van der Waals surface area contributed by atoms with E-state index in [0.717, 1.165) is 12.1 Å². The maximum atomic E-state index is 13.1. The van der Waals surface area contributed by atoms with Crippen LogP contribution in [0.15, 0.2) is 24.3 Å². The summed E-state index contributed by atoms with van der Waals surface area (Å²) in [5.74, 6) is -0.804. The fourth-order valence-corrected chi connectivity index (χ4v) is 1.86. The minimum absolute atomic E-state index is 0.261. The van der Waals surface area contributed by atoms with E-state index >= 15 is 0 Å². The van der Waals surface area contributed by atoms with Crippen molar-refractivity contribution >= 4 is 17.4 Å². The number of halogens is 3. The van der Waals surface area contributed by atoms with Gasteiger partial charge in [-0.15, -0.1) is 0 Å². The monoisotopic (exact) mass is 313 g/mol. The summed E-state index contributed by atoms with van der Waals surface area (Å²) in [5, 5.41) is 3.27. The molecule has 0 aliphatic heterocycles. The number of rotatable bonds is 6. The average Bonchev–Trinajstić information content (AvgIpc) is 2.46. The second-order valence-electron chi connectivity index (χ2n) is 4.23. The van der Waals surface area contributed by atoms with E-state index in [2.05, 4.69) is 15.3 Å². The van der Waals surface area contributed by atoms with Crippen molar-refractivity contribution in [2.75, 3.05) is 11.9 Å². The van der Waals surface area contributed by atoms with Crippen LogP contribution in [-0.4, -0.2) is 16.6 Å². The van der Waals surface area contributed by atoms with Gasteiger partial charge in [-0.3, -0.25) is 0 Å². The van der Waals surface area contributed by atoms with Gasteiger partial charge in [0.2, 0.25) is 0 Å². The Labute approximate surface area is 126 Å². The van der Waals surface area contributed by atoms with Gasteiger partial charge in [-0.2, -0.15) is 0 Å². The number of nitrogens with one attached hydrogen (secondary N) is 1. The summed E-state index contributed by atoms with van der Waals surface area (Å²) in [4.78, 5) is 8.26. The summed E-state index contributed by atoms with van der Waals surface area (Å²) in [6.07, 6.45) is 0. The Bertz CT molecular complexity index is 625. The number of benzene rings is 1. The van der Waals surface area contributed by atoms with Crippen LogP contribution in [0.2, 0.25) is 5.15 Å². The normalized spacial score (nSPS) is 10.7. The van der Waals surface area contributed by atoms with E-state index in [-0.39, 0.29) is 11.8 Å². The van der Waals surface area contributed by atoms with Gasteiger partial charge in [0.05, 0.1) is 0 Å². The molecule has 0 saturated carbocycles. The van der Waals surface area contributed by atoms with Gasteiger partial charge in [-0.05, 0) is 24.6 Å². The number of nitrogens with zero attached hydrogens (tertiary/aromatic N) is 2. The highest BCUT2D eigenvalue weighted by Gasteiger charge is 2.05. The van der Waals surface area contributed by atoms with Crippen LogP contribution in [-0.2, 0) is 17.9 Å². The Morgan fingerprint density at radius 3 is 2.71 bits per heavy atom. The molecule has 1 heterocycles. The largest absolute Gasteiger partial charge is 0.374 e. The molecule has 0 unspecified atom stereocenters. The van der Waals surface area contributed by atoms with Gasteiger partial charge in [0.25, 0.3) is 0 Å². The van der Waals surface area contributed by atoms with Gasteiger partial charge in [0.1, 0.15) is 17.6 Å². The molecule has 4 nitrogen and oxygen atoms in total. The van der Waals surface area contributed by atoms with Crippen molar-refractivity contribution in [3.8, 4) is 0 Å². The Balaban J connectivity index is 2.05. The third-order valence-corrected chi connectivity index (χ3v) is 2.83. The Hall–Kier alpha value is -1.79. The molecule has 2 rings (SSSR count). The van der Waals surface area contributed by atoms with Crippen molar-refractivity contribution in [2.24, 2.45) is 0 Å². The minimum atomic E-state index is -0.882. The predicted octanol–water partition coefficient (Wildman–Crippen LogP) is 3.56. The zero-order valence-corrected chi connectivity index (χ0v) is 12.1. The lowest BCUT2D eigenvalue weighted by molar-refractivity contribution is 0.128. The molecule has 0 radical (unpaired) electrons. The lowest BCUT2D eigenvalue weighted by Crippen LogP contribution is -2.06. The summed E-state index contributed by atoms with van der Waals surface area (Å²) < 4.78 is 31.2. The van der Waals surface area contributed by atoms with Gasteiger partial charge in [0.15, 0.2) is 17.5 Å². The molecule has 21 heavy (non-hydrogen) atoms. The summed E-state index contributed by atoms with van der Waals surface area (Å²) in [6, 6.07) is 5.26. The molecular formula is C14H14ClF2N3O. The Kier molecular flexibility index (Phi) is 5.41. The van der Waals surface area contributed by atoms with E-state index in [9.17, 15) is 8.78 Å².